The molecule has 1 aliphatic rings. The van der Waals surface area contributed by atoms with Crippen molar-refractivity contribution in [2.75, 3.05) is 13.1 Å². The minimum Gasteiger partial charge on any atom is -0.481 e. The molecule has 1 aromatic heterocycles. The normalized spacial score (nSPS) is 18.1. The van der Waals surface area contributed by atoms with Crippen molar-refractivity contribution in [1.29, 1.82) is 0 Å². The van der Waals surface area contributed by atoms with Crippen LogP contribution in [0.4, 0.5) is 0 Å². The summed E-state index contributed by atoms with van der Waals surface area (Å²) >= 11 is 0. The van der Waals surface area contributed by atoms with Gasteiger partial charge >= 0.3 is 5.97 Å². The van der Waals surface area contributed by atoms with Gasteiger partial charge < -0.3 is 14.5 Å². The number of piperidine rings is 1. The molecule has 0 radical (unpaired) electrons. The topological polar surface area (TPSA) is 79.5 Å². The van der Waals surface area contributed by atoms with Gasteiger partial charge in [-0.1, -0.05) is 5.16 Å². The highest BCUT2D eigenvalue weighted by Gasteiger charge is 2.25. The molecular formula is C13H21N3O3. The summed E-state index contributed by atoms with van der Waals surface area (Å²) in [6.45, 7) is 6.53. The first-order chi connectivity index (χ1) is 9.06. The van der Waals surface area contributed by atoms with E-state index in [0.29, 0.717) is 24.3 Å². The van der Waals surface area contributed by atoms with Crippen molar-refractivity contribution >= 4 is 5.97 Å². The molecule has 0 unspecified atom stereocenters. The molecule has 2 heterocycles. The Labute approximate surface area is 112 Å². The minimum absolute atomic E-state index is 0.0351. The third-order valence-corrected chi connectivity index (χ3v) is 3.66. The summed E-state index contributed by atoms with van der Waals surface area (Å²) in [5, 5.41) is 12.6. The summed E-state index contributed by atoms with van der Waals surface area (Å²) in [5.74, 6) is 0.676. The molecule has 6 nitrogen and oxygen atoms in total. The van der Waals surface area contributed by atoms with E-state index in [1.165, 1.54) is 0 Å². The molecule has 0 spiro atoms. The average molecular weight is 267 g/mol. The lowest BCUT2D eigenvalue weighted by Gasteiger charge is -2.33. The molecule has 1 saturated heterocycles. The summed E-state index contributed by atoms with van der Waals surface area (Å²) in [4.78, 5) is 17.2. The minimum atomic E-state index is -0.843. The van der Waals surface area contributed by atoms with Crippen LogP contribution in [0, 0.1) is 0 Å². The Kier molecular flexibility index (Phi) is 4.52. The number of aromatic nitrogens is 2. The number of hydrogen-bond acceptors (Lipinski definition) is 5. The summed E-state index contributed by atoms with van der Waals surface area (Å²) in [6, 6.07) is 0.581. The van der Waals surface area contributed by atoms with E-state index in [1.54, 1.807) is 0 Å². The number of carbonyl (C=O) groups is 1. The Bertz CT molecular complexity index is 423. The van der Waals surface area contributed by atoms with E-state index in [2.05, 4.69) is 28.9 Å². The lowest BCUT2D eigenvalue weighted by molar-refractivity contribution is -0.137. The van der Waals surface area contributed by atoms with Crippen LogP contribution in [0.5, 0.6) is 0 Å². The van der Waals surface area contributed by atoms with Crippen molar-refractivity contribution in [1.82, 2.24) is 15.0 Å². The quantitative estimate of drug-likeness (QED) is 0.874. The number of hydrogen-bond donors (Lipinski definition) is 1. The molecule has 0 amide bonds. The number of aliphatic carboxylic acids is 1. The molecule has 1 aromatic rings. The molecule has 106 valence electrons. The van der Waals surface area contributed by atoms with Crippen molar-refractivity contribution < 1.29 is 14.4 Å². The standard InChI is InChI=1S/C13H21N3O3/c1-9(2)16-7-5-10(6-8-16)13-14-11(19-15-13)3-4-12(17)18/h9-10H,3-8H2,1-2H3,(H,17,18). The van der Waals surface area contributed by atoms with Crippen LogP contribution in [0.1, 0.15) is 50.7 Å². The van der Waals surface area contributed by atoms with Gasteiger partial charge in [0.05, 0.1) is 6.42 Å². The van der Waals surface area contributed by atoms with Gasteiger partial charge in [-0.25, -0.2) is 0 Å². The Morgan fingerprint density at radius 3 is 2.74 bits per heavy atom. The van der Waals surface area contributed by atoms with Gasteiger partial charge in [0.1, 0.15) is 0 Å². The van der Waals surface area contributed by atoms with E-state index in [9.17, 15) is 4.79 Å². The molecule has 2 rings (SSSR count). The van der Waals surface area contributed by atoms with Crippen LogP contribution < -0.4 is 0 Å². The average Bonchev–Trinajstić information content (AvgIpc) is 2.85. The molecule has 0 atom stereocenters. The smallest absolute Gasteiger partial charge is 0.303 e. The zero-order valence-electron chi connectivity index (χ0n) is 11.5. The first-order valence-electron chi connectivity index (χ1n) is 6.84. The van der Waals surface area contributed by atoms with Gasteiger partial charge in [-0.05, 0) is 39.8 Å². The predicted molar refractivity (Wildman–Crippen MR) is 68.9 cm³/mol. The van der Waals surface area contributed by atoms with Gasteiger partial charge in [0, 0.05) is 18.4 Å². The van der Waals surface area contributed by atoms with Crippen LogP contribution >= 0.6 is 0 Å². The number of nitrogens with zero attached hydrogens (tertiary/aromatic N) is 3. The highest BCUT2D eigenvalue weighted by molar-refractivity contribution is 5.66. The van der Waals surface area contributed by atoms with Gasteiger partial charge in [-0.2, -0.15) is 4.98 Å². The zero-order valence-corrected chi connectivity index (χ0v) is 11.5. The van der Waals surface area contributed by atoms with Gasteiger partial charge in [0.25, 0.3) is 0 Å². The Morgan fingerprint density at radius 1 is 1.47 bits per heavy atom. The maximum atomic E-state index is 10.5. The number of aryl methyl sites for hydroxylation is 1. The lowest BCUT2D eigenvalue weighted by atomic mass is 9.95. The van der Waals surface area contributed by atoms with E-state index in [0.717, 1.165) is 31.8 Å². The van der Waals surface area contributed by atoms with Crippen LogP contribution in [0.3, 0.4) is 0 Å². The van der Waals surface area contributed by atoms with Crippen LogP contribution in [0.25, 0.3) is 0 Å². The third-order valence-electron chi connectivity index (χ3n) is 3.66. The van der Waals surface area contributed by atoms with Crippen LogP contribution in [0.15, 0.2) is 4.52 Å². The van der Waals surface area contributed by atoms with Crippen molar-refractivity contribution in [2.45, 2.75) is 51.5 Å². The monoisotopic (exact) mass is 267 g/mol. The summed E-state index contributed by atoms with van der Waals surface area (Å²) in [5.41, 5.74) is 0. The summed E-state index contributed by atoms with van der Waals surface area (Å²) < 4.78 is 5.10. The van der Waals surface area contributed by atoms with Gasteiger partial charge in [0.15, 0.2) is 5.82 Å². The molecule has 0 aliphatic carbocycles. The highest BCUT2D eigenvalue weighted by atomic mass is 16.5. The van der Waals surface area contributed by atoms with Gasteiger partial charge in [0.2, 0.25) is 5.89 Å². The van der Waals surface area contributed by atoms with Crippen molar-refractivity contribution in [3.8, 4) is 0 Å². The van der Waals surface area contributed by atoms with E-state index in [1.807, 2.05) is 0 Å². The molecule has 6 heteroatoms. The Hall–Kier alpha value is -1.43. The Morgan fingerprint density at radius 2 is 2.16 bits per heavy atom. The fourth-order valence-electron chi connectivity index (χ4n) is 2.42. The van der Waals surface area contributed by atoms with E-state index >= 15 is 0 Å². The second-order valence-corrected chi connectivity index (χ2v) is 5.34. The molecule has 19 heavy (non-hydrogen) atoms. The van der Waals surface area contributed by atoms with E-state index in [-0.39, 0.29) is 6.42 Å². The van der Waals surface area contributed by atoms with Crippen LogP contribution in [-0.2, 0) is 11.2 Å². The first-order valence-corrected chi connectivity index (χ1v) is 6.84. The molecule has 0 saturated carbocycles. The van der Waals surface area contributed by atoms with Crippen molar-refractivity contribution in [3.05, 3.63) is 11.7 Å². The molecular weight excluding hydrogens is 246 g/mol. The fourth-order valence-corrected chi connectivity index (χ4v) is 2.42. The summed E-state index contributed by atoms with van der Waals surface area (Å²) in [6.07, 6.45) is 2.42. The second kappa shape index (κ2) is 6.14. The first kappa shape index (κ1) is 14.0. The van der Waals surface area contributed by atoms with Crippen LogP contribution in [-0.4, -0.2) is 45.2 Å². The maximum Gasteiger partial charge on any atom is 0.303 e. The molecule has 1 fully saturated rings. The number of carboxylic acids is 1. The zero-order chi connectivity index (χ0) is 13.8. The largest absolute Gasteiger partial charge is 0.481 e. The van der Waals surface area contributed by atoms with E-state index < -0.39 is 5.97 Å². The number of likely N-dealkylation sites (tertiary alicyclic amines) is 1. The third kappa shape index (κ3) is 3.76. The molecule has 0 aromatic carbocycles. The lowest BCUT2D eigenvalue weighted by Crippen LogP contribution is -2.38. The van der Waals surface area contributed by atoms with E-state index in [4.69, 9.17) is 9.63 Å². The molecule has 1 N–H and O–H groups in total. The van der Waals surface area contributed by atoms with Crippen LogP contribution in [0.2, 0.25) is 0 Å². The number of rotatable bonds is 5. The molecule has 0 bridgehead atoms. The van der Waals surface area contributed by atoms with Gasteiger partial charge in [-0.3, -0.25) is 4.79 Å². The fraction of sp³-hybridized carbons (Fsp3) is 0.769. The highest BCUT2D eigenvalue weighted by Crippen LogP contribution is 2.26. The van der Waals surface area contributed by atoms with Gasteiger partial charge in [-0.15, -0.1) is 0 Å². The Balaban J connectivity index is 1.88. The predicted octanol–water partition coefficient (Wildman–Crippen LogP) is 1.67. The summed E-state index contributed by atoms with van der Waals surface area (Å²) in [7, 11) is 0. The maximum absolute atomic E-state index is 10.5. The number of carboxylic acid groups (broad SMARTS) is 1. The SMILES string of the molecule is CC(C)N1CCC(c2noc(CCC(=O)O)n2)CC1. The van der Waals surface area contributed by atoms with Crippen molar-refractivity contribution in [2.24, 2.45) is 0 Å². The second-order valence-electron chi connectivity index (χ2n) is 5.34. The van der Waals surface area contributed by atoms with Crippen molar-refractivity contribution in [3.63, 3.8) is 0 Å². The molecule has 1 aliphatic heterocycles.